The highest BCUT2D eigenvalue weighted by atomic mass is 28.4. The molecule has 0 amide bonds. The monoisotopic (exact) mass is 322 g/mol. The Labute approximate surface area is 141 Å². The Morgan fingerprint density at radius 1 is 0.818 bits per heavy atom. The van der Waals surface area contributed by atoms with Gasteiger partial charge in [-0.25, -0.2) is 0 Å². The van der Waals surface area contributed by atoms with Crippen molar-refractivity contribution in [2.75, 3.05) is 6.61 Å². The van der Waals surface area contributed by atoms with Crippen molar-refractivity contribution in [3.8, 4) is 0 Å². The quantitative estimate of drug-likeness (QED) is 0.318. The largest absolute Gasteiger partial charge is 0.417 e. The van der Waals surface area contributed by atoms with E-state index in [1.165, 1.54) is 56.6 Å². The van der Waals surface area contributed by atoms with Crippen molar-refractivity contribution in [3.05, 3.63) is 0 Å². The molecule has 0 radical (unpaired) electrons. The maximum Gasteiger partial charge on any atom is 0.191 e. The SMILES string of the molecule is CC[Si](CC)(CC)OCCCCCB1C2CCCC1CCC2. The maximum atomic E-state index is 6.38. The van der Waals surface area contributed by atoms with Crippen LogP contribution in [0.2, 0.25) is 36.1 Å². The zero-order chi connectivity index (χ0) is 15.8. The first kappa shape index (κ1) is 18.6. The van der Waals surface area contributed by atoms with Gasteiger partial charge in [-0.2, -0.15) is 0 Å². The number of hydrogen-bond acceptors (Lipinski definition) is 1. The fraction of sp³-hybridized carbons (Fsp3) is 1.00. The topological polar surface area (TPSA) is 9.23 Å². The fourth-order valence-corrected chi connectivity index (χ4v) is 7.98. The smallest absolute Gasteiger partial charge is 0.191 e. The Balaban J connectivity index is 1.59. The third-order valence-electron chi connectivity index (χ3n) is 7.03. The van der Waals surface area contributed by atoms with Gasteiger partial charge in [-0.15, -0.1) is 0 Å². The molecule has 2 bridgehead atoms. The Morgan fingerprint density at radius 2 is 1.36 bits per heavy atom. The number of fused-ring (bicyclic) bond motifs is 2. The first-order valence-electron chi connectivity index (χ1n) is 10.4. The van der Waals surface area contributed by atoms with Crippen LogP contribution in [0.3, 0.4) is 0 Å². The van der Waals surface area contributed by atoms with Crippen LogP contribution in [-0.4, -0.2) is 21.6 Å². The Kier molecular flexibility index (Phi) is 8.04. The van der Waals surface area contributed by atoms with Crippen LogP contribution in [-0.2, 0) is 4.43 Å². The second kappa shape index (κ2) is 9.52. The van der Waals surface area contributed by atoms with Crippen LogP contribution in [0.25, 0.3) is 0 Å². The van der Waals surface area contributed by atoms with Crippen LogP contribution in [0.4, 0.5) is 0 Å². The van der Waals surface area contributed by atoms with Gasteiger partial charge >= 0.3 is 0 Å². The molecule has 0 aromatic rings. The lowest BCUT2D eigenvalue weighted by molar-refractivity contribution is 0.289. The summed E-state index contributed by atoms with van der Waals surface area (Å²) in [6.45, 7) is 9.14. The Hall–Kier alpha value is 0.242. The van der Waals surface area contributed by atoms with Gasteiger partial charge in [0.15, 0.2) is 8.32 Å². The summed E-state index contributed by atoms with van der Waals surface area (Å²) in [6, 6.07) is 3.89. The molecule has 2 rings (SSSR count). The van der Waals surface area contributed by atoms with Gasteiger partial charge in [0, 0.05) is 6.61 Å². The molecule has 3 heteroatoms. The van der Waals surface area contributed by atoms with Gasteiger partial charge in [0.25, 0.3) is 0 Å². The summed E-state index contributed by atoms with van der Waals surface area (Å²) in [6.07, 6.45) is 14.9. The van der Waals surface area contributed by atoms with E-state index >= 15 is 0 Å². The molecule has 22 heavy (non-hydrogen) atoms. The minimum atomic E-state index is -1.33. The van der Waals surface area contributed by atoms with Crippen LogP contribution in [0.1, 0.15) is 78.6 Å². The lowest BCUT2D eigenvalue weighted by atomic mass is 9.26. The molecule has 0 aliphatic carbocycles. The lowest BCUT2D eigenvalue weighted by Crippen LogP contribution is -2.36. The Bertz CT molecular complexity index is 276. The van der Waals surface area contributed by atoms with Crippen molar-refractivity contribution in [2.24, 2.45) is 0 Å². The van der Waals surface area contributed by atoms with Gasteiger partial charge in [-0.3, -0.25) is 0 Å². The standard InChI is InChI=1S/C19H39BOSi/c1-4-22(5-2,6-3)21-17-9-7-8-16-20-18-12-10-13-19(20)15-11-14-18/h18-19H,4-17H2,1-3H3. The highest BCUT2D eigenvalue weighted by molar-refractivity contribution is 6.73. The van der Waals surface area contributed by atoms with Gasteiger partial charge in [0.1, 0.15) is 6.71 Å². The normalized spacial score (nSPS) is 25.5. The molecule has 0 aromatic carbocycles. The van der Waals surface area contributed by atoms with E-state index in [1.54, 1.807) is 25.7 Å². The highest BCUT2D eigenvalue weighted by Crippen LogP contribution is 2.48. The van der Waals surface area contributed by atoms with Crippen molar-refractivity contribution < 1.29 is 4.43 Å². The molecular formula is C19H39BOSi. The summed E-state index contributed by atoms with van der Waals surface area (Å²) >= 11 is 0. The van der Waals surface area contributed by atoms with Crippen molar-refractivity contribution in [3.63, 3.8) is 0 Å². The van der Waals surface area contributed by atoms with Crippen LogP contribution in [0.5, 0.6) is 0 Å². The molecule has 0 aromatic heterocycles. The van der Waals surface area contributed by atoms with Crippen LogP contribution < -0.4 is 0 Å². The summed E-state index contributed by atoms with van der Waals surface area (Å²) < 4.78 is 6.38. The number of hydrogen-bond donors (Lipinski definition) is 0. The van der Waals surface area contributed by atoms with Crippen molar-refractivity contribution in [1.29, 1.82) is 0 Å². The molecule has 0 N–H and O–H groups in total. The minimum absolute atomic E-state index is 1.04. The molecule has 2 aliphatic rings. The Morgan fingerprint density at radius 3 is 1.86 bits per heavy atom. The molecule has 2 aliphatic heterocycles. The molecule has 2 heterocycles. The number of rotatable bonds is 10. The predicted molar refractivity (Wildman–Crippen MR) is 103 cm³/mol. The molecule has 128 valence electrons. The summed E-state index contributed by atoms with van der Waals surface area (Å²) in [5, 5.41) is 0. The second-order valence-corrected chi connectivity index (χ2v) is 12.8. The van der Waals surface area contributed by atoms with Crippen LogP contribution in [0.15, 0.2) is 0 Å². The van der Waals surface area contributed by atoms with Crippen molar-refractivity contribution >= 4 is 15.0 Å². The van der Waals surface area contributed by atoms with Gasteiger partial charge < -0.3 is 4.43 Å². The third-order valence-corrected chi connectivity index (χ3v) is 11.7. The summed E-state index contributed by atoms with van der Waals surface area (Å²) in [4.78, 5) is 0. The molecule has 2 saturated heterocycles. The fourth-order valence-electron chi connectivity index (χ4n) is 5.29. The first-order valence-corrected chi connectivity index (χ1v) is 12.9. The van der Waals surface area contributed by atoms with Gasteiger partial charge in [-0.05, 0) is 24.6 Å². The van der Waals surface area contributed by atoms with E-state index in [0.717, 1.165) is 25.0 Å². The average molecular weight is 322 g/mol. The zero-order valence-corrected chi connectivity index (χ0v) is 16.5. The van der Waals surface area contributed by atoms with Crippen LogP contribution >= 0.6 is 0 Å². The van der Waals surface area contributed by atoms with Crippen molar-refractivity contribution in [1.82, 2.24) is 0 Å². The van der Waals surface area contributed by atoms with Crippen molar-refractivity contribution in [2.45, 2.75) is 115 Å². The molecular weight excluding hydrogens is 283 g/mol. The van der Waals surface area contributed by atoms with Gasteiger partial charge in [0.2, 0.25) is 0 Å². The zero-order valence-electron chi connectivity index (χ0n) is 15.5. The maximum absolute atomic E-state index is 6.38. The number of unbranched alkanes of at least 4 members (excludes halogenated alkanes) is 2. The van der Waals surface area contributed by atoms with E-state index in [-0.39, 0.29) is 0 Å². The summed E-state index contributed by atoms with van der Waals surface area (Å²) in [5.74, 6) is 2.20. The van der Waals surface area contributed by atoms with Gasteiger partial charge in [0.05, 0.1) is 0 Å². The van der Waals surface area contributed by atoms with E-state index in [9.17, 15) is 0 Å². The molecule has 0 saturated carbocycles. The second-order valence-electron chi connectivity index (χ2n) is 7.99. The van der Waals surface area contributed by atoms with E-state index in [0.29, 0.717) is 0 Å². The predicted octanol–water partition coefficient (Wildman–Crippen LogP) is 6.78. The molecule has 0 unspecified atom stereocenters. The average Bonchev–Trinajstić information content (AvgIpc) is 2.54. The van der Waals surface area contributed by atoms with E-state index in [2.05, 4.69) is 20.8 Å². The summed E-state index contributed by atoms with van der Waals surface area (Å²) in [7, 11) is -1.33. The minimum Gasteiger partial charge on any atom is -0.417 e. The lowest BCUT2D eigenvalue weighted by Gasteiger charge is -2.40. The van der Waals surface area contributed by atoms with E-state index in [1.807, 2.05) is 0 Å². The van der Waals surface area contributed by atoms with Crippen LogP contribution in [0, 0.1) is 0 Å². The highest BCUT2D eigenvalue weighted by Gasteiger charge is 2.38. The van der Waals surface area contributed by atoms with E-state index in [4.69, 9.17) is 4.43 Å². The third kappa shape index (κ3) is 4.87. The van der Waals surface area contributed by atoms with Gasteiger partial charge in [-0.1, -0.05) is 90.1 Å². The first-order chi connectivity index (χ1) is 10.7. The summed E-state index contributed by atoms with van der Waals surface area (Å²) in [5.41, 5.74) is 0. The van der Waals surface area contributed by atoms with E-state index < -0.39 is 8.32 Å². The molecule has 0 spiro atoms. The molecule has 2 fully saturated rings. The molecule has 1 nitrogen and oxygen atoms in total. The molecule has 0 atom stereocenters.